The van der Waals surface area contributed by atoms with Gasteiger partial charge in [-0.05, 0) is 31.4 Å². The van der Waals surface area contributed by atoms with Crippen molar-refractivity contribution in [1.82, 2.24) is 10.1 Å². The molecule has 0 unspecified atom stereocenters. The lowest BCUT2D eigenvalue weighted by atomic mass is 10.0. The second-order valence-electron chi connectivity index (χ2n) is 8.74. The highest BCUT2D eigenvalue weighted by Gasteiger charge is 2.35. The summed E-state index contributed by atoms with van der Waals surface area (Å²) in [5, 5.41) is 4.49. The molecule has 3 aromatic rings. The van der Waals surface area contributed by atoms with Gasteiger partial charge in [-0.3, -0.25) is 4.79 Å². The van der Waals surface area contributed by atoms with E-state index in [2.05, 4.69) is 47.3 Å². The van der Waals surface area contributed by atoms with Gasteiger partial charge in [0.1, 0.15) is 5.69 Å². The SMILES string of the molecule is Cc1cccc(-c2noc(N3CCOCC3)c2CN(Cc2ccccc2)C(=O)C2CC2)c1. The third-order valence-electron chi connectivity index (χ3n) is 6.16. The minimum absolute atomic E-state index is 0.146. The molecule has 0 spiro atoms. The fourth-order valence-electron chi connectivity index (χ4n) is 4.27. The van der Waals surface area contributed by atoms with Crippen molar-refractivity contribution in [3.63, 3.8) is 0 Å². The molecule has 2 aliphatic rings. The van der Waals surface area contributed by atoms with Crippen LogP contribution in [0, 0.1) is 12.8 Å². The van der Waals surface area contributed by atoms with Crippen LogP contribution < -0.4 is 4.90 Å². The van der Waals surface area contributed by atoms with Crippen molar-refractivity contribution in [1.29, 1.82) is 0 Å². The summed E-state index contributed by atoms with van der Waals surface area (Å²) in [6.07, 6.45) is 1.96. The summed E-state index contributed by atoms with van der Waals surface area (Å²) in [6, 6.07) is 18.5. The Balaban J connectivity index is 1.52. The number of ether oxygens (including phenoxy) is 1. The molecule has 1 saturated heterocycles. The summed E-state index contributed by atoms with van der Waals surface area (Å²) < 4.78 is 11.5. The van der Waals surface area contributed by atoms with Crippen LogP contribution in [-0.2, 0) is 22.6 Å². The van der Waals surface area contributed by atoms with Gasteiger partial charge in [-0.1, -0.05) is 59.3 Å². The maximum absolute atomic E-state index is 13.3. The molecule has 6 nitrogen and oxygen atoms in total. The molecule has 1 aromatic heterocycles. The smallest absolute Gasteiger partial charge is 0.233 e. The summed E-state index contributed by atoms with van der Waals surface area (Å²) in [5.41, 5.74) is 5.10. The first-order chi connectivity index (χ1) is 15.7. The third-order valence-corrected chi connectivity index (χ3v) is 6.16. The lowest BCUT2D eigenvalue weighted by Crippen LogP contribution is -2.37. The van der Waals surface area contributed by atoms with Gasteiger partial charge in [0.05, 0.1) is 25.3 Å². The van der Waals surface area contributed by atoms with Crippen LogP contribution in [0.2, 0.25) is 0 Å². The van der Waals surface area contributed by atoms with E-state index in [9.17, 15) is 4.79 Å². The van der Waals surface area contributed by atoms with Gasteiger partial charge in [-0.25, -0.2) is 0 Å². The van der Waals surface area contributed by atoms with Gasteiger partial charge in [0, 0.05) is 31.1 Å². The quantitative estimate of drug-likeness (QED) is 0.554. The molecule has 0 N–H and O–H groups in total. The molecule has 1 saturated carbocycles. The highest BCUT2D eigenvalue weighted by Crippen LogP contribution is 2.36. The van der Waals surface area contributed by atoms with Crippen LogP contribution in [-0.4, -0.2) is 42.3 Å². The summed E-state index contributed by atoms with van der Waals surface area (Å²) >= 11 is 0. The second-order valence-corrected chi connectivity index (χ2v) is 8.74. The zero-order chi connectivity index (χ0) is 21.9. The van der Waals surface area contributed by atoms with Crippen LogP contribution in [0.1, 0.15) is 29.5 Å². The van der Waals surface area contributed by atoms with Crippen molar-refractivity contribution in [3.05, 3.63) is 71.3 Å². The first-order valence-corrected chi connectivity index (χ1v) is 11.4. The Morgan fingerprint density at radius 2 is 1.84 bits per heavy atom. The number of anilines is 1. The van der Waals surface area contributed by atoms with Crippen molar-refractivity contribution in [2.75, 3.05) is 31.2 Å². The fraction of sp³-hybridized carbons (Fsp3) is 0.385. The molecular weight excluding hydrogens is 402 g/mol. The Hall–Kier alpha value is -3.12. The summed E-state index contributed by atoms with van der Waals surface area (Å²) in [4.78, 5) is 17.4. The Morgan fingerprint density at radius 1 is 1.06 bits per heavy atom. The number of aryl methyl sites for hydroxylation is 1. The van der Waals surface area contributed by atoms with Crippen LogP contribution in [0.15, 0.2) is 59.1 Å². The molecule has 5 rings (SSSR count). The Morgan fingerprint density at radius 3 is 2.56 bits per heavy atom. The van der Waals surface area contributed by atoms with Gasteiger partial charge in [0.15, 0.2) is 0 Å². The minimum Gasteiger partial charge on any atom is -0.378 e. The van der Waals surface area contributed by atoms with E-state index in [4.69, 9.17) is 9.26 Å². The van der Waals surface area contributed by atoms with Crippen molar-refractivity contribution in [3.8, 4) is 11.3 Å². The highest BCUT2D eigenvalue weighted by atomic mass is 16.5. The van der Waals surface area contributed by atoms with Gasteiger partial charge in [0.25, 0.3) is 0 Å². The highest BCUT2D eigenvalue weighted by molar-refractivity contribution is 5.81. The zero-order valence-corrected chi connectivity index (χ0v) is 18.5. The molecule has 166 valence electrons. The number of aromatic nitrogens is 1. The van der Waals surface area contributed by atoms with Crippen molar-refractivity contribution < 1.29 is 14.1 Å². The van der Waals surface area contributed by atoms with E-state index in [1.807, 2.05) is 29.2 Å². The van der Waals surface area contributed by atoms with Crippen LogP contribution in [0.25, 0.3) is 11.3 Å². The molecular formula is C26H29N3O3. The molecule has 1 amide bonds. The first kappa shape index (κ1) is 20.8. The van der Waals surface area contributed by atoms with E-state index in [0.717, 1.165) is 54.2 Å². The largest absolute Gasteiger partial charge is 0.378 e. The minimum atomic E-state index is 0.146. The average Bonchev–Trinajstić information content (AvgIpc) is 3.59. The lowest BCUT2D eigenvalue weighted by molar-refractivity contribution is -0.133. The molecule has 1 aliphatic carbocycles. The molecule has 0 atom stereocenters. The third kappa shape index (κ3) is 4.55. The normalized spacial score (nSPS) is 16.2. The molecule has 2 fully saturated rings. The number of amides is 1. The predicted molar refractivity (Wildman–Crippen MR) is 123 cm³/mol. The van der Waals surface area contributed by atoms with Crippen LogP contribution >= 0.6 is 0 Å². The fourth-order valence-corrected chi connectivity index (χ4v) is 4.27. The van der Waals surface area contributed by atoms with E-state index >= 15 is 0 Å². The molecule has 0 bridgehead atoms. The maximum Gasteiger partial charge on any atom is 0.233 e. The average molecular weight is 432 g/mol. The second kappa shape index (κ2) is 9.17. The van der Waals surface area contributed by atoms with Crippen LogP contribution in [0.4, 0.5) is 5.88 Å². The van der Waals surface area contributed by atoms with E-state index in [1.54, 1.807) is 0 Å². The van der Waals surface area contributed by atoms with Crippen LogP contribution in [0.3, 0.4) is 0 Å². The molecule has 1 aliphatic heterocycles. The van der Waals surface area contributed by atoms with Gasteiger partial charge < -0.3 is 19.1 Å². The Kier molecular flexibility index (Phi) is 5.95. The number of rotatable bonds is 7. The molecule has 2 heterocycles. The molecule has 6 heteroatoms. The van der Waals surface area contributed by atoms with Gasteiger partial charge in [-0.15, -0.1) is 0 Å². The van der Waals surface area contributed by atoms with Crippen molar-refractivity contribution in [2.24, 2.45) is 5.92 Å². The summed E-state index contributed by atoms with van der Waals surface area (Å²) in [7, 11) is 0. The lowest BCUT2D eigenvalue weighted by Gasteiger charge is -2.28. The number of morpholine rings is 1. The topological polar surface area (TPSA) is 58.8 Å². The number of nitrogens with zero attached hydrogens (tertiary/aromatic N) is 3. The molecule has 2 aromatic carbocycles. The number of carbonyl (C=O) groups is 1. The van der Waals surface area contributed by atoms with E-state index in [-0.39, 0.29) is 11.8 Å². The zero-order valence-electron chi connectivity index (χ0n) is 18.5. The first-order valence-electron chi connectivity index (χ1n) is 11.4. The summed E-state index contributed by atoms with van der Waals surface area (Å²) in [5.74, 6) is 1.12. The number of hydrogen-bond acceptors (Lipinski definition) is 5. The van der Waals surface area contributed by atoms with E-state index in [0.29, 0.717) is 26.3 Å². The van der Waals surface area contributed by atoms with Gasteiger partial charge in [0.2, 0.25) is 11.8 Å². The monoisotopic (exact) mass is 431 g/mol. The summed E-state index contributed by atoms with van der Waals surface area (Å²) in [6.45, 7) is 5.96. The van der Waals surface area contributed by atoms with Crippen molar-refractivity contribution >= 4 is 11.8 Å². The Bertz CT molecular complexity index is 1070. The van der Waals surface area contributed by atoms with Gasteiger partial charge >= 0.3 is 0 Å². The van der Waals surface area contributed by atoms with E-state index in [1.165, 1.54) is 5.56 Å². The van der Waals surface area contributed by atoms with Gasteiger partial charge in [-0.2, -0.15) is 0 Å². The standard InChI is InChI=1S/C26H29N3O3/c1-19-6-5-9-22(16-19)24-23(26(32-27-24)28-12-14-31-15-13-28)18-29(25(30)21-10-11-21)17-20-7-3-2-4-8-20/h2-9,16,21H,10-15,17-18H2,1H3. The van der Waals surface area contributed by atoms with Crippen LogP contribution in [0.5, 0.6) is 0 Å². The number of hydrogen-bond donors (Lipinski definition) is 0. The van der Waals surface area contributed by atoms with E-state index < -0.39 is 0 Å². The molecule has 32 heavy (non-hydrogen) atoms. The molecule has 0 radical (unpaired) electrons. The maximum atomic E-state index is 13.3. The Labute approximate surface area is 188 Å². The number of benzene rings is 2. The predicted octanol–water partition coefficient (Wildman–Crippen LogP) is 4.43. The van der Waals surface area contributed by atoms with Crippen molar-refractivity contribution in [2.45, 2.75) is 32.9 Å². The number of carbonyl (C=O) groups excluding carboxylic acids is 1.